The van der Waals surface area contributed by atoms with Crippen LogP contribution in [0.25, 0.3) is 0 Å². The summed E-state index contributed by atoms with van der Waals surface area (Å²) in [5.41, 5.74) is 5.97. The van der Waals surface area contributed by atoms with E-state index in [1.165, 1.54) is 0 Å². The zero-order valence-electron chi connectivity index (χ0n) is 11.7. The van der Waals surface area contributed by atoms with Crippen LogP contribution in [0.1, 0.15) is 45.4 Å². The van der Waals surface area contributed by atoms with E-state index in [0.717, 1.165) is 51.6 Å². The van der Waals surface area contributed by atoms with Crippen LogP contribution in [0.5, 0.6) is 0 Å². The van der Waals surface area contributed by atoms with E-state index in [2.05, 4.69) is 17.3 Å². The largest absolute Gasteiger partial charge is 0.353 e. The highest BCUT2D eigenvalue weighted by atomic mass is 16.2. The maximum atomic E-state index is 12.4. The number of rotatable bonds is 2. The fraction of sp³-hybridized carbons (Fsp3) is 0.929. The van der Waals surface area contributed by atoms with Gasteiger partial charge < -0.3 is 16.0 Å². The van der Waals surface area contributed by atoms with Crippen LogP contribution >= 0.6 is 0 Å². The summed E-state index contributed by atoms with van der Waals surface area (Å²) in [4.78, 5) is 14.7. The lowest BCUT2D eigenvalue weighted by Crippen LogP contribution is -2.55. The van der Waals surface area contributed by atoms with Crippen LogP contribution in [-0.4, -0.2) is 42.5 Å². The number of hydrogen-bond donors (Lipinski definition) is 2. The van der Waals surface area contributed by atoms with Crippen molar-refractivity contribution in [2.75, 3.05) is 20.1 Å². The van der Waals surface area contributed by atoms with Crippen LogP contribution in [-0.2, 0) is 4.79 Å². The number of nitrogens with two attached hydrogens (primary N) is 1. The molecule has 2 rings (SSSR count). The Morgan fingerprint density at radius 1 is 1.28 bits per heavy atom. The van der Waals surface area contributed by atoms with Gasteiger partial charge in [0.05, 0.1) is 5.92 Å². The van der Waals surface area contributed by atoms with Gasteiger partial charge in [-0.2, -0.15) is 0 Å². The Labute approximate surface area is 110 Å². The summed E-state index contributed by atoms with van der Waals surface area (Å²) < 4.78 is 0. The van der Waals surface area contributed by atoms with Crippen molar-refractivity contribution in [1.82, 2.24) is 10.2 Å². The van der Waals surface area contributed by atoms with Crippen molar-refractivity contribution in [3.63, 3.8) is 0 Å². The summed E-state index contributed by atoms with van der Waals surface area (Å²) >= 11 is 0. The summed E-state index contributed by atoms with van der Waals surface area (Å²) in [5, 5.41) is 3.22. The molecule has 1 aliphatic carbocycles. The van der Waals surface area contributed by atoms with Crippen LogP contribution in [0.15, 0.2) is 0 Å². The quantitative estimate of drug-likeness (QED) is 0.775. The van der Waals surface area contributed by atoms with Gasteiger partial charge in [-0.3, -0.25) is 4.79 Å². The maximum absolute atomic E-state index is 12.4. The van der Waals surface area contributed by atoms with E-state index in [0.29, 0.717) is 6.04 Å². The Bertz CT molecular complexity index is 295. The SMILES string of the molecule is CN1CCC(NC(=O)C2CCCCC2(C)N)CC1. The standard InChI is InChI=1S/C14H27N3O/c1-14(15)8-4-3-5-12(14)13(18)16-11-6-9-17(2)10-7-11/h11-12H,3-10,15H2,1-2H3,(H,16,18). The predicted molar refractivity (Wildman–Crippen MR) is 73.2 cm³/mol. The highest BCUT2D eigenvalue weighted by Gasteiger charge is 2.38. The third-order valence-electron chi connectivity index (χ3n) is 4.64. The fourth-order valence-electron chi connectivity index (χ4n) is 3.24. The zero-order valence-corrected chi connectivity index (χ0v) is 11.7. The molecule has 0 aromatic rings. The molecule has 4 heteroatoms. The van der Waals surface area contributed by atoms with Gasteiger partial charge in [-0.15, -0.1) is 0 Å². The number of carbonyl (C=O) groups excluding carboxylic acids is 1. The summed E-state index contributed by atoms with van der Waals surface area (Å²) in [6, 6.07) is 0.353. The van der Waals surface area contributed by atoms with Gasteiger partial charge in [0.15, 0.2) is 0 Å². The number of amides is 1. The number of piperidine rings is 1. The number of hydrogen-bond acceptors (Lipinski definition) is 3. The maximum Gasteiger partial charge on any atom is 0.225 e. The molecule has 0 bridgehead atoms. The van der Waals surface area contributed by atoms with Crippen molar-refractivity contribution in [3.05, 3.63) is 0 Å². The second kappa shape index (κ2) is 5.57. The summed E-state index contributed by atoms with van der Waals surface area (Å²) in [6.07, 6.45) is 6.35. The van der Waals surface area contributed by atoms with Crippen molar-refractivity contribution < 1.29 is 4.79 Å². The molecule has 2 fully saturated rings. The second-order valence-electron chi connectivity index (χ2n) is 6.39. The van der Waals surface area contributed by atoms with Crippen LogP contribution in [0.2, 0.25) is 0 Å². The minimum absolute atomic E-state index is 0.00547. The highest BCUT2D eigenvalue weighted by Crippen LogP contribution is 2.31. The first-order valence-corrected chi connectivity index (χ1v) is 7.27. The minimum atomic E-state index is -0.312. The molecule has 18 heavy (non-hydrogen) atoms. The van der Waals surface area contributed by atoms with E-state index in [1.807, 2.05) is 6.92 Å². The van der Waals surface area contributed by atoms with E-state index < -0.39 is 0 Å². The third-order valence-corrected chi connectivity index (χ3v) is 4.64. The number of likely N-dealkylation sites (tertiary alicyclic amines) is 1. The first kappa shape index (κ1) is 13.8. The molecule has 1 saturated heterocycles. The van der Waals surface area contributed by atoms with Crippen LogP contribution < -0.4 is 11.1 Å². The van der Waals surface area contributed by atoms with E-state index >= 15 is 0 Å². The predicted octanol–water partition coefficient (Wildman–Crippen LogP) is 1.10. The van der Waals surface area contributed by atoms with Crippen molar-refractivity contribution in [1.29, 1.82) is 0 Å². The lowest BCUT2D eigenvalue weighted by Gasteiger charge is -2.38. The Morgan fingerprint density at radius 3 is 2.56 bits per heavy atom. The molecule has 2 unspecified atom stereocenters. The molecule has 1 saturated carbocycles. The third kappa shape index (κ3) is 3.23. The zero-order chi connectivity index (χ0) is 13.2. The van der Waals surface area contributed by atoms with Crippen molar-refractivity contribution in [3.8, 4) is 0 Å². The Hall–Kier alpha value is -0.610. The molecule has 0 aromatic heterocycles. The summed E-state index contributed by atoms with van der Waals surface area (Å²) in [6.45, 7) is 4.19. The molecule has 4 nitrogen and oxygen atoms in total. The van der Waals surface area contributed by atoms with Gasteiger partial charge in [0.2, 0.25) is 5.91 Å². The molecular formula is C14H27N3O. The molecular weight excluding hydrogens is 226 g/mol. The van der Waals surface area contributed by atoms with Crippen molar-refractivity contribution in [2.24, 2.45) is 11.7 Å². The molecule has 1 amide bonds. The molecule has 104 valence electrons. The van der Waals surface area contributed by atoms with Crippen molar-refractivity contribution >= 4 is 5.91 Å². The molecule has 2 atom stereocenters. The van der Waals surface area contributed by atoms with Gasteiger partial charge in [0, 0.05) is 11.6 Å². The van der Waals surface area contributed by atoms with Gasteiger partial charge in [-0.1, -0.05) is 12.8 Å². The molecule has 1 aliphatic heterocycles. The normalized spacial score (nSPS) is 35.4. The van der Waals surface area contributed by atoms with E-state index in [9.17, 15) is 4.79 Å². The summed E-state index contributed by atoms with van der Waals surface area (Å²) in [7, 11) is 2.14. The monoisotopic (exact) mass is 253 g/mol. The molecule has 0 spiro atoms. The lowest BCUT2D eigenvalue weighted by molar-refractivity contribution is -0.129. The Kier molecular flexibility index (Phi) is 4.28. The Morgan fingerprint density at radius 2 is 1.94 bits per heavy atom. The van der Waals surface area contributed by atoms with Gasteiger partial charge in [-0.25, -0.2) is 0 Å². The topological polar surface area (TPSA) is 58.4 Å². The lowest BCUT2D eigenvalue weighted by atomic mass is 9.74. The van der Waals surface area contributed by atoms with Crippen molar-refractivity contribution in [2.45, 2.75) is 57.0 Å². The van der Waals surface area contributed by atoms with Crippen LogP contribution in [0.4, 0.5) is 0 Å². The average molecular weight is 253 g/mol. The smallest absolute Gasteiger partial charge is 0.225 e. The Balaban J connectivity index is 1.87. The van der Waals surface area contributed by atoms with E-state index in [4.69, 9.17) is 5.73 Å². The van der Waals surface area contributed by atoms with Gasteiger partial charge >= 0.3 is 0 Å². The van der Waals surface area contributed by atoms with E-state index in [-0.39, 0.29) is 17.4 Å². The van der Waals surface area contributed by atoms with Crippen LogP contribution in [0, 0.1) is 5.92 Å². The number of carbonyl (C=O) groups is 1. The van der Waals surface area contributed by atoms with Gasteiger partial charge in [-0.05, 0) is 52.7 Å². The van der Waals surface area contributed by atoms with Crippen LogP contribution in [0.3, 0.4) is 0 Å². The molecule has 0 radical (unpaired) electrons. The first-order chi connectivity index (χ1) is 8.49. The number of nitrogens with one attached hydrogen (secondary N) is 1. The number of nitrogens with zero attached hydrogens (tertiary/aromatic N) is 1. The molecule has 3 N–H and O–H groups in total. The molecule has 2 aliphatic rings. The van der Waals surface area contributed by atoms with Gasteiger partial charge in [0.1, 0.15) is 0 Å². The molecule has 0 aromatic carbocycles. The first-order valence-electron chi connectivity index (χ1n) is 7.27. The van der Waals surface area contributed by atoms with Gasteiger partial charge in [0.25, 0.3) is 0 Å². The fourth-order valence-corrected chi connectivity index (χ4v) is 3.24. The second-order valence-corrected chi connectivity index (χ2v) is 6.39. The minimum Gasteiger partial charge on any atom is -0.353 e. The summed E-state index contributed by atoms with van der Waals surface area (Å²) in [5.74, 6) is 0.195. The average Bonchev–Trinajstić information content (AvgIpc) is 2.31. The highest BCUT2D eigenvalue weighted by molar-refractivity contribution is 5.80. The molecule has 1 heterocycles. The van der Waals surface area contributed by atoms with E-state index in [1.54, 1.807) is 0 Å².